The number of hydrogen-bond acceptors (Lipinski definition) is 4. The summed E-state index contributed by atoms with van der Waals surface area (Å²) in [4.78, 5) is 14.0. The highest BCUT2D eigenvalue weighted by Gasteiger charge is 2.54. The number of hydrogen-bond donors (Lipinski definition) is 3. The van der Waals surface area contributed by atoms with Crippen LogP contribution in [0, 0.1) is 17.8 Å². The molecule has 0 aromatic carbocycles. The van der Waals surface area contributed by atoms with Crippen LogP contribution < -0.4 is 0 Å². The van der Waals surface area contributed by atoms with Crippen molar-refractivity contribution in [1.82, 2.24) is 4.90 Å². The van der Waals surface area contributed by atoms with Crippen LogP contribution in [-0.4, -0.2) is 56.5 Å². The summed E-state index contributed by atoms with van der Waals surface area (Å²) in [6.07, 6.45) is 18.9. The molecule has 2 heterocycles. The van der Waals surface area contributed by atoms with Gasteiger partial charge in [-0.25, -0.2) is 0 Å². The van der Waals surface area contributed by atoms with Crippen LogP contribution in [0.15, 0.2) is 12.2 Å². The maximum Gasteiger partial charge on any atom is 0.320 e. The number of carboxylic acids is 1. The van der Waals surface area contributed by atoms with Gasteiger partial charge in [0.2, 0.25) is 0 Å². The zero-order chi connectivity index (χ0) is 21.1. The lowest BCUT2D eigenvalue weighted by Crippen LogP contribution is -2.51. The SMILES string of the molecule is O=C(O)C1CCCC2C[C@@H]3[C@@H](C=C[C@H](O)CCCCC4CCCCC4)[C@H](O)C[C@H]3N21. The second kappa shape index (κ2) is 10.1. The molecule has 0 aromatic rings. The van der Waals surface area contributed by atoms with E-state index in [0.717, 1.165) is 44.4 Å². The zero-order valence-electron chi connectivity index (χ0n) is 18.4. The van der Waals surface area contributed by atoms with Crippen molar-refractivity contribution >= 4 is 5.97 Å². The topological polar surface area (TPSA) is 81.0 Å². The van der Waals surface area contributed by atoms with Crippen LogP contribution in [0.1, 0.15) is 89.9 Å². The highest BCUT2D eigenvalue weighted by Crippen LogP contribution is 2.49. The number of unbranched alkanes of at least 4 members (excludes halogenated alkanes) is 1. The van der Waals surface area contributed by atoms with Gasteiger partial charge in [0.05, 0.1) is 12.2 Å². The number of piperidine rings is 1. The lowest BCUT2D eigenvalue weighted by Gasteiger charge is -2.38. The second-order valence-electron chi connectivity index (χ2n) is 10.5. The molecule has 2 saturated heterocycles. The molecule has 170 valence electrons. The van der Waals surface area contributed by atoms with Gasteiger partial charge in [0.15, 0.2) is 0 Å². The lowest BCUT2D eigenvalue weighted by atomic mass is 9.85. The number of rotatable bonds is 8. The molecule has 4 fully saturated rings. The van der Waals surface area contributed by atoms with E-state index in [0.29, 0.717) is 18.4 Å². The van der Waals surface area contributed by atoms with E-state index in [9.17, 15) is 20.1 Å². The standard InChI is InChI=1S/C25H41NO4/c27-19(11-5-4-9-17-7-2-1-3-8-17)13-14-20-21-15-18-10-6-12-22(25(29)30)26(18)23(21)16-24(20)28/h13-14,17-24,27-28H,1-12,15-16H2,(H,29,30)/t18?,19-,20-,21-,22?,23-,24-/m1/s1. The molecule has 4 aliphatic rings. The lowest BCUT2D eigenvalue weighted by molar-refractivity contribution is -0.146. The quantitative estimate of drug-likeness (QED) is 0.407. The van der Waals surface area contributed by atoms with E-state index < -0.39 is 18.2 Å². The number of aliphatic hydroxyl groups is 2. The number of nitrogens with zero attached hydrogens (tertiary/aromatic N) is 1. The summed E-state index contributed by atoms with van der Waals surface area (Å²) < 4.78 is 0. The van der Waals surface area contributed by atoms with Crippen LogP contribution in [0.4, 0.5) is 0 Å². The molecule has 5 nitrogen and oxygen atoms in total. The third kappa shape index (κ3) is 4.94. The first-order valence-electron chi connectivity index (χ1n) is 12.6. The predicted molar refractivity (Wildman–Crippen MR) is 117 cm³/mol. The largest absolute Gasteiger partial charge is 0.480 e. The van der Waals surface area contributed by atoms with Crippen molar-refractivity contribution in [2.45, 2.75) is 120 Å². The summed E-state index contributed by atoms with van der Waals surface area (Å²) in [5.41, 5.74) is 0. The molecule has 4 rings (SSSR count). The van der Waals surface area contributed by atoms with Gasteiger partial charge >= 0.3 is 5.97 Å². The normalized spacial score (nSPS) is 38.6. The molecule has 0 bridgehead atoms. The highest BCUT2D eigenvalue weighted by molar-refractivity contribution is 5.73. The van der Waals surface area contributed by atoms with Gasteiger partial charge in [0.25, 0.3) is 0 Å². The Morgan fingerprint density at radius 1 is 1.03 bits per heavy atom. The zero-order valence-corrected chi connectivity index (χ0v) is 18.4. The minimum atomic E-state index is -0.711. The van der Waals surface area contributed by atoms with Gasteiger partial charge in [-0.2, -0.15) is 0 Å². The Bertz CT molecular complexity index is 602. The summed E-state index contributed by atoms with van der Waals surface area (Å²) in [6.45, 7) is 0. The summed E-state index contributed by atoms with van der Waals surface area (Å²) in [7, 11) is 0. The van der Waals surface area contributed by atoms with Crippen LogP contribution >= 0.6 is 0 Å². The molecule has 7 atom stereocenters. The van der Waals surface area contributed by atoms with Gasteiger partial charge in [-0.1, -0.05) is 63.5 Å². The average Bonchev–Trinajstić information content (AvgIpc) is 3.24. The minimum absolute atomic E-state index is 0.0481. The summed E-state index contributed by atoms with van der Waals surface area (Å²) in [5.74, 6) is 0.566. The molecule has 0 aromatic heterocycles. The van der Waals surface area contributed by atoms with Crippen LogP contribution in [0.25, 0.3) is 0 Å². The Kier molecular flexibility index (Phi) is 7.53. The van der Waals surface area contributed by atoms with E-state index in [-0.39, 0.29) is 18.0 Å². The van der Waals surface area contributed by atoms with E-state index in [1.54, 1.807) is 0 Å². The Balaban J connectivity index is 1.26. The maximum atomic E-state index is 11.7. The van der Waals surface area contributed by atoms with Crippen molar-refractivity contribution in [3.8, 4) is 0 Å². The first-order valence-corrected chi connectivity index (χ1v) is 12.6. The van der Waals surface area contributed by atoms with E-state index in [1.165, 1.54) is 44.9 Å². The molecule has 3 N–H and O–H groups in total. The number of carbonyl (C=O) groups is 1. The number of fused-ring (bicyclic) bond motifs is 3. The molecule has 0 radical (unpaired) electrons. The first-order chi connectivity index (χ1) is 14.5. The number of aliphatic carboxylic acids is 1. The number of aliphatic hydroxyl groups excluding tert-OH is 2. The number of carboxylic acid groups (broad SMARTS) is 1. The Morgan fingerprint density at radius 2 is 1.83 bits per heavy atom. The fourth-order valence-corrected chi connectivity index (χ4v) is 7.07. The fourth-order valence-electron chi connectivity index (χ4n) is 7.07. The second-order valence-corrected chi connectivity index (χ2v) is 10.5. The van der Waals surface area contributed by atoms with E-state index in [1.807, 2.05) is 6.08 Å². The van der Waals surface area contributed by atoms with Crippen LogP contribution in [0.5, 0.6) is 0 Å². The fraction of sp³-hybridized carbons (Fsp3) is 0.880. The van der Waals surface area contributed by atoms with Crippen LogP contribution in [0.2, 0.25) is 0 Å². The summed E-state index contributed by atoms with van der Waals surface area (Å²) in [6, 6.07) is 0.139. The Labute approximate surface area is 181 Å². The molecule has 0 amide bonds. The Morgan fingerprint density at radius 3 is 2.60 bits per heavy atom. The minimum Gasteiger partial charge on any atom is -0.480 e. The third-order valence-electron chi connectivity index (χ3n) is 8.57. The first kappa shape index (κ1) is 22.3. The maximum absolute atomic E-state index is 11.7. The molecular weight excluding hydrogens is 378 g/mol. The molecular formula is C25H41NO4. The van der Waals surface area contributed by atoms with Gasteiger partial charge in [0, 0.05) is 18.0 Å². The molecule has 5 heteroatoms. The van der Waals surface area contributed by atoms with E-state index >= 15 is 0 Å². The smallest absolute Gasteiger partial charge is 0.320 e. The van der Waals surface area contributed by atoms with Crippen molar-refractivity contribution in [2.75, 3.05) is 0 Å². The van der Waals surface area contributed by atoms with Gasteiger partial charge < -0.3 is 15.3 Å². The summed E-state index contributed by atoms with van der Waals surface area (Å²) in [5, 5.41) is 30.8. The van der Waals surface area contributed by atoms with Crippen LogP contribution in [0.3, 0.4) is 0 Å². The van der Waals surface area contributed by atoms with Gasteiger partial charge in [-0.05, 0) is 50.4 Å². The molecule has 2 aliphatic carbocycles. The molecule has 30 heavy (non-hydrogen) atoms. The molecule has 2 unspecified atom stereocenters. The molecule has 2 saturated carbocycles. The summed E-state index contributed by atoms with van der Waals surface area (Å²) >= 11 is 0. The van der Waals surface area contributed by atoms with E-state index in [2.05, 4.69) is 11.0 Å². The van der Waals surface area contributed by atoms with E-state index in [4.69, 9.17) is 0 Å². The predicted octanol–water partition coefficient (Wildman–Crippen LogP) is 4.12. The van der Waals surface area contributed by atoms with Crippen molar-refractivity contribution in [1.29, 1.82) is 0 Å². The highest BCUT2D eigenvalue weighted by atomic mass is 16.4. The van der Waals surface area contributed by atoms with Crippen molar-refractivity contribution in [3.63, 3.8) is 0 Å². The van der Waals surface area contributed by atoms with Crippen molar-refractivity contribution in [2.24, 2.45) is 17.8 Å². The third-order valence-corrected chi connectivity index (χ3v) is 8.57. The van der Waals surface area contributed by atoms with Crippen molar-refractivity contribution < 1.29 is 20.1 Å². The molecule has 2 aliphatic heterocycles. The average molecular weight is 420 g/mol. The van der Waals surface area contributed by atoms with Crippen molar-refractivity contribution in [3.05, 3.63) is 12.2 Å². The van der Waals surface area contributed by atoms with Gasteiger partial charge in [-0.3, -0.25) is 9.69 Å². The van der Waals surface area contributed by atoms with Crippen LogP contribution in [-0.2, 0) is 4.79 Å². The van der Waals surface area contributed by atoms with Gasteiger partial charge in [-0.15, -0.1) is 0 Å². The molecule has 0 spiro atoms. The Hall–Kier alpha value is -0.910. The van der Waals surface area contributed by atoms with Gasteiger partial charge in [0.1, 0.15) is 6.04 Å². The monoisotopic (exact) mass is 419 g/mol.